The first-order chi connectivity index (χ1) is 10.6. The molecule has 2 fully saturated rings. The van der Waals surface area contributed by atoms with Crippen molar-refractivity contribution in [2.45, 2.75) is 44.2 Å². The SMILES string of the molecule is CC(Nc1ccc(C(=O)O)cc1C=N)C12CCCN1CCC2. The fourth-order valence-corrected chi connectivity index (χ4v) is 4.17. The van der Waals surface area contributed by atoms with E-state index < -0.39 is 5.97 Å². The maximum absolute atomic E-state index is 11.1. The van der Waals surface area contributed by atoms with Gasteiger partial charge in [0.1, 0.15) is 0 Å². The zero-order valence-corrected chi connectivity index (χ0v) is 12.9. The van der Waals surface area contributed by atoms with E-state index in [0.29, 0.717) is 5.56 Å². The number of anilines is 1. The predicted molar refractivity (Wildman–Crippen MR) is 87.1 cm³/mol. The van der Waals surface area contributed by atoms with Crippen LogP contribution in [0.4, 0.5) is 5.69 Å². The lowest BCUT2D eigenvalue weighted by Crippen LogP contribution is -2.50. The highest BCUT2D eigenvalue weighted by Gasteiger charge is 2.47. The van der Waals surface area contributed by atoms with Gasteiger partial charge >= 0.3 is 5.97 Å². The van der Waals surface area contributed by atoms with E-state index in [0.717, 1.165) is 5.69 Å². The van der Waals surface area contributed by atoms with Crippen LogP contribution in [-0.4, -0.2) is 46.9 Å². The Kier molecular flexibility index (Phi) is 3.91. The Morgan fingerprint density at radius 2 is 2.09 bits per heavy atom. The minimum Gasteiger partial charge on any atom is -0.478 e. The van der Waals surface area contributed by atoms with Crippen LogP contribution in [-0.2, 0) is 0 Å². The predicted octanol–water partition coefficient (Wildman–Crippen LogP) is 2.81. The molecule has 0 radical (unpaired) electrons. The number of aromatic carboxylic acids is 1. The molecule has 0 amide bonds. The first kappa shape index (κ1) is 15.0. The van der Waals surface area contributed by atoms with Crippen LogP contribution in [0.15, 0.2) is 18.2 Å². The number of benzene rings is 1. The minimum absolute atomic E-state index is 0.221. The van der Waals surface area contributed by atoms with Crippen molar-refractivity contribution in [2.24, 2.45) is 0 Å². The lowest BCUT2D eigenvalue weighted by atomic mass is 9.86. The van der Waals surface area contributed by atoms with Gasteiger partial charge in [0, 0.05) is 29.0 Å². The van der Waals surface area contributed by atoms with Crippen molar-refractivity contribution in [2.75, 3.05) is 18.4 Å². The van der Waals surface area contributed by atoms with Crippen LogP contribution in [0.1, 0.15) is 48.5 Å². The largest absolute Gasteiger partial charge is 0.478 e. The third-order valence-corrected chi connectivity index (χ3v) is 5.34. The number of hydrogen-bond donors (Lipinski definition) is 3. The fourth-order valence-electron chi connectivity index (χ4n) is 4.17. The average molecular weight is 301 g/mol. The molecule has 1 aromatic rings. The molecule has 2 aliphatic rings. The first-order valence-electron chi connectivity index (χ1n) is 7.96. The maximum atomic E-state index is 11.1. The molecule has 0 aromatic heterocycles. The van der Waals surface area contributed by atoms with Crippen LogP contribution < -0.4 is 5.32 Å². The highest BCUT2D eigenvalue weighted by atomic mass is 16.4. The maximum Gasteiger partial charge on any atom is 0.335 e. The van der Waals surface area contributed by atoms with Crippen LogP contribution >= 0.6 is 0 Å². The lowest BCUT2D eigenvalue weighted by Gasteiger charge is -2.39. The zero-order chi connectivity index (χ0) is 15.7. The van der Waals surface area contributed by atoms with Gasteiger partial charge in [-0.05, 0) is 63.9 Å². The summed E-state index contributed by atoms with van der Waals surface area (Å²) in [4.78, 5) is 13.7. The molecule has 5 nitrogen and oxygen atoms in total. The molecule has 5 heteroatoms. The van der Waals surface area contributed by atoms with E-state index in [9.17, 15) is 4.79 Å². The molecule has 1 unspecified atom stereocenters. The van der Waals surface area contributed by atoms with Crippen molar-refractivity contribution in [3.05, 3.63) is 29.3 Å². The molecule has 0 spiro atoms. The Morgan fingerprint density at radius 3 is 2.68 bits per heavy atom. The second kappa shape index (κ2) is 5.72. The Labute approximate surface area is 130 Å². The Bertz CT molecular complexity index is 590. The van der Waals surface area contributed by atoms with Gasteiger partial charge in [0.15, 0.2) is 0 Å². The Hall–Kier alpha value is -1.88. The summed E-state index contributed by atoms with van der Waals surface area (Å²) < 4.78 is 0. The standard InChI is InChI=1S/C17H23N3O2/c1-12(17-6-2-8-20(17)9-3-7-17)19-15-5-4-13(16(21)22)10-14(15)11-18/h4-5,10-12,18-19H,2-3,6-9H2,1H3,(H,21,22). The number of rotatable bonds is 5. The molecule has 0 saturated carbocycles. The summed E-state index contributed by atoms with van der Waals surface area (Å²) in [5.41, 5.74) is 1.93. The van der Waals surface area contributed by atoms with E-state index in [4.69, 9.17) is 10.5 Å². The van der Waals surface area contributed by atoms with Gasteiger partial charge in [-0.3, -0.25) is 4.90 Å². The van der Waals surface area contributed by atoms with Gasteiger partial charge in [-0.25, -0.2) is 4.79 Å². The highest BCUT2D eigenvalue weighted by molar-refractivity contribution is 5.93. The quantitative estimate of drug-likeness (QED) is 0.731. The zero-order valence-electron chi connectivity index (χ0n) is 12.9. The van der Waals surface area contributed by atoms with Crippen molar-refractivity contribution in [1.82, 2.24) is 4.90 Å². The molecule has 3 rings (SSSR count). The minimum atomic E-state index is -0.959. The third-order valence-electron chi connectivity index (χ3n) is 5.34. The summed E-state index contributed by atoms with van der Waals surface area (Å²) in [6.07, 6.45) is 6.16. The molecular formula is C17H23N3O2. The van der Waals surface area contributed by atoms with Gasteiger partial charge in [0.05, 0.1) is 5.56 Å². The molecule has 118 valence electrons. The number of hydrogen-bond acceptors (Lipinski definition) is 4. The number of carboxylic acid groups (broad SMARTS) is 1. The summed E-state index contributed by atoms with van der Waals surface area (Å²) in [6, 6.07) is 5.23. The van der Waals surface area contributed by atoms with E-state index in [1.807, 2.05) is 0 Å². The Balaban J connectivity index is 1.83. The van der Waals surface area contributed by atoms with Gasteiger partial charge in [-0.1, -0.05) is 0 Å². The van der Waals surface area contributed by atoms with Crippen molar-refractivity contribution >= 4 is 17.9 Å². The number of carboxylic acids is 1. The van der Waals surface area contributed by atoms with Crippen LogP contribution in [0, 0.1) is 5.41 Å². The van der Waals surface area contributed by atoms with Gasteiger partial charge in [0.2, 0.25) is 0 Å². The third kappa shape index (κ3) is 2.39. The molecule has 1 aromatic carbocycles. The smallest absolute Gasteiger partial charge is 0.335 e. The molecule has 1 atom stereocenters. The van der Waals surface area contributed by atoms with Gasteiger partial charge in [0.25, 0.3) is 0 Å². The average Bonchev–Trinajstić information content (AvgIpc) is 3.07. The van der Waals surface area contributed by atoms with E-state index in [-0.39, 0.29) is 17.1 Å². The van der Waals surface area contributed by atoms with Crippen LogP contribution in [0.3, 0.4) is 0 Å². The van der Waals surface area contributed by atoms with Gasteiger partial charge in [-0.2, -0.15) is 0 Å². The molecule has 3 N–H and O–H groups in total. The van der Waals surface area contributed by atoms with Crippen LogP contribution in [0.25, 0.3) is 0 Å². The van der Waals surface area contributed by atoms with Crippen molar-refractivity contribution in [1.29, 1.82) is 5.41 Å². The topological polar surface area (TPSA) is 76.4 Å². The summed E-state index contributed by atoms with van der Waals surface area (Å²) in [6.45, 7) is 4.57. The van der Waals surface area contributed by atoms with E-state index >= 15 is 0 Å². The van der Waals surface area contributed by atoms with Crippen molar-refractivity contribution < 1.29 is 9.90 Å². The van der Waals surface area contributed by atoms with E-state index in [1.165, 1.54) is 45.0 Å². The second-order valence-corrected chi connectivity index (χ2v) is 6.42. The molecule has 0 bridgehead atoms. The number of fused-ring (bicyclic) bond motifs is 1. The second-order valence-electron chi connectivity index (χ2n) is 6.42. The summed E-state index contributed by atoms with van der Waals surface area (Å²) in [7, 11) is 0. The van der Waals surface area contributed by atoms with Gasteiger partial charge < -0.3 is 15.8 Å². The summed E-state index contributed by atoms with van der Waals surface area (Å²) in [5.74, 6) is -0.959. The normalized spacial score (nSPS) is 21.3. The first-order valence-corrected chi connectivity index (χ1v) is 7.96. The van der Waals surface area contributed by atoms with E-state index in [2.05, 4.69) is 17.1 Å². The number of nitrogens with zero attached hydrogens (tertiary/aromatic N) is 1. The molecule has 22 heavy (non-hydrogen) atoms. The number of carbonyl (C=O) groups is 1. The Morgan fingerprint density at radius 1 is 1.41 bits per heavy atom. The fraction of sp³-hybridized carbons (Fsp3) is 0.529. The molecule has 0 aliphatic carbocycles. The van der Waals surface area contributed by atoms with Crippen molar-refractivity contribution in [3.63, 3.8) is 0 Å². The van der Waals surface area contributed by atoms with E-state index in [1.54, 1.807) is 18.2 Å². The molecular weight excluding hydrogens is 278 g/mol. The molecule has 2 heterocycles. The molecule has 2 saturated heterocycles. The van der Waals surface area contributed by atoms with Crippen LogP contribution in [0.2, 0.25) is 0 Å². The lowest BCUT2D eigenvalue weighted by molar-refractivity contribution is 0.0697. The number of nitrogens with one attached hydrogen (secondary N) is 2. The van der Waals surface area contributed by atoms with Gasteiger partial charge in [-0.15, -0.1) is 0 Å². The molecule has 2 aliphatic heterocycles. The summed E-state index contributed by atoms with van der Waals surface area (Å²) >= 11 is 0. The van der Waals surface area contributed by atoms with Crippen LogP contribution in [0.5, 0.6) is 0 Å². The summed E-state index contributed by atoms with van der Waals surface area (Å²) in [5, 5.41) is 20.2. The monoisotopic (exact) mass is 301 g/mol. The van der Waals surface area contributed by atoms with Crippen molar-refractivity contribution in [3.8, 4) is 0 Å². The highest BCUT2D eigenvalue weighted by Crippen LogP contribution is 2.42.